The first-order valence-electron chi connectivity index (χ1n) is 5.40. The van der Waals surface area contributed by atoms with Crippen molar-refractivity contribution in [2.45, 2.75) is 20.8 Å². The van der Waals surface area contributed by atoms with E-state index >= 15 is 0 Å². The fraction of sp³-hybridized carbons (Fsp3) is 0.636. The van der Waals surface area contributed by atoms with Gasteiger partial charge in [0.15, 0.2) is 0 Å². The number of hydrogen-bond acceptors (Lipinski definition) is 4. The number of nitrogens with zero attached hydrogens (tertiary/aromatic N) is 3. The minimum absolute atomic E-state index is 0.625. The normalized spacial score (nSPS) is 10.5. The summed E-state index contributed by atoms with van der Waals surface area (Å²) in [7, 11) is 2.04. The third-order valence-electron chi connectivity index (χ3n) is 2.01. The zero-order chi connectivity index (χ0) is 11.3. The van der Waals surface area contributed by atoms with Crippen LogP contribution in [0.15, 0.2) is 12.4 Å². The van der Waals surface area contributed by atoms with E-state index in [1.807, 2.05) is 14.0 Å². The molecule has 0 saturated carbocycles. The predicted molar refractivity (Wildman–Crippen MR) is 64.3 cm³/mol. The molecule has 1 aromatic rings. The molecule has 0 aliphatic carbocycles. The second-order valence-corrected chi connectivity index (χ2v) is 4.07. The maximum atomic E-state index is 4.47. The summed E-state index contributed by atoms with van der Waals surface area (Å²) in [6.07, 6.45) is 3.54. The van der Waals surface area contributed by atoms with E-state index in [-0.39, 0.29) is 0 Å². The lowest BCUT2D eigenvalue weighted by Crippen LogP contribution is -2.23. The summed E-state index contributed by atoms with van der Waals surface area (Å²) < 4.78 is 0. The van der Waals surface area contributed by atoms with Gasteiger partial charge < -0.3 is 10.2 Å². The average molecular weight is 208 g/mol. The molecule has 0 unspecified atom stereocenters. The SMILES string of the molecule is CCNc1cncc(N(C)CC(C)C)n1. The lowest BCUT2D eigenvalue weighted by molar-refractivity contribution is 0.634. The Morgan fingerprint density at radius 3 is 2.73 bits per heavy atom. The Kier molecular flexibility index (Phi) is 4.34. The van der Waals surface area contributed by atoms with Crippen molar-refractivity contribution in [1.29, 1.82) is 0 Å². The van der Waals surface area contributed by atoms with E-state index in [1.54, 1.807) is 12.4 Å². The van der Waals surface area contributed by atoms with Gasteiger partial charge in [-0.25, -0.2) is 4.98 Å². The zero-order valence-corrected chi connectivity index (χ0v) is 9.99. The summed E-state index contributed by atoms with van der Waals surface area (Å²) in [4.78, 5) is 10.8. The first-order valence-corrected chi connectivity index (χ1v) is 5.40. The molecular weight excluding hydrogens is 188 g/mol. The monoisotopic (exact) mass is 208 g/mol. The van der Waals surface area contributed by atoms with Crippen molar-refractivity contribution in [3.8, 4) is 0 Å². The topological polar surface area (TPSA) is 41.1 Å². The van der Waals surface area contributed by atoms with Crippen LogP contribution in [0.3, 0.4) is 0 Å². The Balaban J connectivity index is 2.71. The Bertz CT molecular complexity index is 298. The summed E-state index contributed by atoms with van der Waals surface area (Å²) >= 11 is 0. The summed E-state index contributed by atoms with van der Waals surface area (Å²) in [5.74, 6) is 2.38. The molecule has 1 N–H and O–H groups in total. The zero-order valence-electron chi connectivity index (χ0n) is 9.99. The van der Waals surface area contributed by atoms with Gasteiger partial charge in [0.05, 0.1) is 12.4 Å². The molecule has 1 rings (SSSR count). The molecule has 0 aromatic carbocycles. The number of hydrogen-bond donors (Lipinski definition) is 1. The van der Waals surface area contributed by atoms with E-state index in [0.29, 0.717) is 5.92 Å². The minimum atomic E-state index is 0.625. The van der Waals surface area contributed by atoms with Gasteiger partial charge in [0.2, 0.25) is 0 Å². The Labute approximate surface area is 91.7 Å². The van der Waals surface area contributed by atoms with Crippen LogP contribution in [0, 0.1) is 5.92 Å². The van der Waals surface area contributed by atoms with Crippen molar-refractivity contribution in [2.75, 3.05) is 30.4 Å². The molecule has 0 amide bonds. The van der Waals surface area contributed by atoms with Crippen molar-refractivity contribution in [3.63, 3.8) is 0 Å². The van der Waals surface area contributed by atoms with Crippen LogP contribution in [0.4, 0.5) is 11.6 Å². The second kappa shape index (κ2) is 5.53. The highest BCUT2D eigenvalue weighted by molar-refractivity contribution is 5.43. The van der Waals surface area contributed by atoms with Crippen LogP contribution in [-0.2, 0) is 0 Å². The minimum Gasteiger partial charge on any atom is -0.369 e. The Morgan fingerprint density at radius 1 is 1.40 bits per heavy atom. The van der Waals surface area contributed by atoms with Gasteiger partial charge in [-0.3, -0.25) is 4.98 Å². The predicted octanol–water partition coefficient (Wildman–Crippen LogP) is 2.00. The van der Waals surface area contributed by atoms with Crippen molar-refractivity contribution in [1.82, 2.24) is 9.97 Å². The highest BCUT2D eigenvalue weighted by atomic mass is 15.2. The number of nitrogens with one attached hydrogen (secondary N) is 1. The van der Waals surface area contributed by atoms with Gasteiger partial charge in [-0.2, -0.15) is 0 Å². The molecule has 0 bridgehead atoms. The molecule has 4 nitrogen and oxygen atoms in total. The van der Waals surface area contributed by atoms with Gasteiger partial charge in [-0.05, 0) is 12.8 Å². The molecule has 0 atom stereocenters. The highest BCUT2D eigenvalue weighted by Gasteiger charge is 2.05. The van der Waals surface area contributed by atoms with Crippen LogP contribution < -0.4 is 10.2 Å². The lowest BCUT2D eigenvalue weighted by Gasteiger charge is -2.20. The van der Waals surface area contributed by atoms with Crippen LogP contribution >= 0.6 is 0 Å². The summed E-state index contributed by atoms with van der Waals surface area (Å²) in [6, 6.07) is 0. The molecule has 1 aromatic heterocycles. The highest BCUT2D eigenvalue weighted by Crippen LogP contribution is 2.11. The fourth-order valence-corrected chi connectivity index (χ4v) is 1.45. The molecule has 0 radical (unpaired) electrons. The average Bonchev–Trinajstić information content (AvgIpc) is 2.17. The number of rotatable bonds is 5. The fourth-order valence-electron chi connectivity index (χ4n) is 1.45. The summed E-state index contributed by atoms with van der Waals surface area (Å²) in [6.45, 7) is 8.29. The van der Waals surface area contributed by atoms with Crippen LogP contribution in [0.5, 0.6) is 0 Å². The lowest BCUT2D eigenvalue weighted by atomic mass is 10.2. The van der Waals surface area contributed by atoms with Crippen LogP contribution in [0.25, 0.3) is 0 Å². The van der Waals surface area contributed by atoms with E-state index in [0.717, 1.165) is 24.7 Å². The second-order valence-electron chi connectivity index (χ2n) is 4.07. The number of aromatic nitrogens is 2. The van der Waals surface area contributed by atoms with Crippen molar-refractivity contribution in [3.05, 3.63) is 12.4 Å². The summed E-state index contributed by atoms with van der Waals surface area (Å²) in [5, 5.41) is 3.16. The van der Waals surface area contributed by atoms with Gasteiger partial charge in [0.1, 0.15) is 11.6 Å². The molecular formula is C11H20N4. The van der Waals surface area contributed by atoms with E-state index < -0.39 is 0 Å². The largest absolute Gasteiger partial charge is 0.369 e. The molecule has 15 heavy (non-hydrogen) atoms. The van der Waals surface area contributed by atoms with Gasteiger partial charge >= 0.3 is 0 Å². The molecule has 0 spiro atoms. The van der Waals surface area contributed by atoms with E-state index in [9.17, 15) is 0 Å². The third-order valence-corrected chi connectivity index (χ3v) is 2.01. The van der Waals surface area contributed by atoms with Gasteiger partial charge in [0.25, 0.3) is 0 Å². The maximum absolute atomic E-state index is 4.47. The van der Waals surface area contributed by atoms with Crippen molar-refractivity contribution >= 4 is 11.6 Å². The summed E-state index contributed by atoms with van der Waals surface area (Å²) in [5.41, 5.74) is 0. The molecule has 84 valence electrons. The van der Waals surface area contributed by atoms with Gasteiger partial charge in [-0.1, -0.05) is 13.8 Å². The van der Waals surface area contributed by atoms with Crippen molar-refractivity contribution < 1.29 is 0 Å². The first-order chi connectivity index (χ1) is 7.13. The molecule has 4 heteroatoms. The van der Waals surface area contributed by atoms with Crippen LogP contribution in [0.1, 0.15) is 20.8 Å². The van der Waals surface area contributed by atoms with Crippen LogP contribution in [0.2, 0.25) is 0 Å². The first kappa shape index (κ1) is 11.8. The maximum Gasteiger partial charge on any atom is 0.149 e. The van der Waals surface area contributed by atoms with Crippen LogP contribution in [-0.4, -0.2) is 30.1 Å². The standard InChI is InChI=1S/C11H20N4/c1-5-13-10-6-12-7-11(14-10)15(4)8-9(2)3/h6-7,9H,5,8H2,1-4H3,(H,13,14). The molecule has 0 aliphatic rings. The van der Waals surface area contributed by atoms with Gasteiger partial charge in [0, 0.05) is 20.1 Å². The molecule has 0 aliphatic heterocycles. The Hall–Kier alpha value is -1.32. The van der Waals surface area contributed by atoms with E-state index in [2.05, 4.69) is 34.0 Å². The smallest absolute Gasteiger partial charge is 0.149 e. The quantitative estimate of drug-likeness (QED) is 0.803. The van der Waals surface area contributed by atoms with E-state index in [4.69, 9.17) is 0 Å². The Morgan fingerprint density at radius 2 is 2.13 bits per heavy atom. The molecule has 1 heterocycles. The van der Waals surface area contributed by atoms with Crippen molar-refractivity contribution in [2.24, 2.45) is 5.92 Å². The number of anilines is 2. The van der Waals surface area contributed by atoms with E-state index in [1.165, 1.54) is 0 Å². The third kappa shape index (κ3) is 3.73. The molecule has 0 saturated heterocycles. The van der Waals surface area contributed by atoms with Gasteiger partial charge in [-0.15, -0.1) is 0 Å². The molecule has 0 fully saturated rings.